The van der Waals surface area contributed by atoms with Crippen molar-refractivity contribution in [2.24, 2.45) is 0 Å². The fraction of sp³-hybridized carbons (Fsp3) is 0.364. The van der Waals surface area contributed by atoms with Crippen LogP contribution < -0.4 is 14.8 Å². The number of nitrogens with one attached hydrogen (secondary N) is 1. The zero-order valence-electron chi connectivity index (χ0n) is 16.0. The molecule has 1 N–H and O–H groups in total. The van der Waals surface area contributed by atoms with Crippen LogP contribution in [0.1, 0.15) is 49.4 Å². The van der Waals surface area contributed by atoms with E-state index in [0.29, 0.717) is 23.6 Å². The summed E-state index contributed by atoms with van der Waals surface area (Å²) in [6.45, 7) is 2.86. The Morgan fingerprint density at radius 1 is 0.889 bits per heavy atom. The van der Waals surface area contributed by atoms with Gasteiger partial charge in [-0.2, -0.15) is 0 Å². The topological polar surface area (TPSA) is 64.6 Å². The Bertz CT molecular complexity index is 723. The molecule has 0 heterocycles. The average Bonchev–Trinajstić information content (AvgIpc) is 2.70. The molecule has 0 spiro atoms. The van der Waals surface area contributed by atoms with Crippen molar-refractivity contribution in [2.45, 2.75) is 39.0 Å². The Balaban J connectivity index is 1.75. The van der Waals surface area contributed by atoms with Crippen LogP contribution in [0.15, 0.2) is 48.5 Å². The summed E-state index contributed by atoms with van der Waals surface area (Å²) < 4.78 is 10.7. The molecule has 1 amide bonds. The van der Waals surface area contributed by atoms with Crippen molar-refractivity contribution < 1.29 is 19.1 Å². The number of rotatable bonds is 11. The third kappa shape index (κ3) is 7.13. The number of methoxy groups -OCH3 is 1. The summed E-state index contributed by atoms with van der Waals surface area (Å²) in [7, 11) is 1.58. The van der Waals surface area contributed by atoms with Crippen LogP contribution in [0, 0.1) is 0 Å². The van der Waals surface area contributed by atoms with Crippen LogP contribution in [0.3, 0.4) is 0 Å². The number of amides is 1. The standard InChI is InChI=1S/C22H27NO4/c1-3-4-5-16-27-20-12-8-18(9-13-20)23-22(25)15-14-21(24)17-6-10-19(26-2)11-7-17/h6-13H,3-5,14-16H2,1-2H3,(H,23,25). The number of anilines is 1. The van der Waals surface area contributed by atoms with E-state index in [2.05, 4.69) is 12.2 Å². The van der Waals surface area contributed by atoms with Gasteiger partial charge in [0.15, 0.2) is 5.78 Å². The molecule has 5 nitrogen and oxygen atoms in total. The maximum absolute atomic E-state index is 12.2. The second kappa shape index (κ2) is 11.0. The third-order valence-electron chi connectivity index (χ3n) is 4.15. The van der Waals surface area contributed by atoms with Gasteiger partial charge in [0.1, 0.15) is 11.5 Å². The molecule has 144 valence electrons. The highest BCUT2D eigenvalue weighted by molar-refractivity contribution is 6.00. The second-order valence-electron chi connectivity index (χ2n) is 6.28. The van der Waals surface area contributed by atoms with Crippen LogP contribution in [-0.4, -0.2) is 25.4 Å². The first kappa shape index (κ1) is 20.5. The van der Waals surface area contributed by atoms with Crippen LogP contribution in [0.5, 0.6) is 11.5 Å². The maximum atomic E-state index is 12.2. The van der Waals surface area contributed by atoms with Gasteiger partial charge in [0.05, 0.1) is 13.7 Å². The Morgan fingerprint density at radius 3 is 2.19 bits per heavy atom. The van der Waals surface area contributed by atoms with Gasteiger partial charge in [-0.3, -0.25) is 9.59 Å². The van der Waals surface area contributed by atoms with E-state index in [9.17, 15) is 9.59 Å². The van der Waals surface area contributed by atoms with E-state index < -0.39 is 0 Å². The summed E-state index contributed by atoms with van der Waals surface area (Å²) in [6, 6.07) is 14.2. The molecule has 0 aliphatic heterocycles. The first-order valence-corrected chi connectivity index (χ1v) is 9.32. The third-order valence-corrected chi connectivity index (χ3v) is 4.15. The summed E-state index contributed by atoms with van der Waals surface area (Å²) in [5.41, 5.74) is 1.27. The Morgan fingerprint density at radius 2 is 1.56 bits per heavy atom. The van der Waals surface area contributed by atoms with Gasteiger partial charge in [0, 0.05) is 24.1 Å². The highest BCUT2D eigenvalue weighted by Crippen LogP contribution is 2.17. The molecule has 0 aromatic heterocycles. The predicted octanol–water partition coefficient (Wildman–Crippen LogP) is 4.87. The lowest BCUT2D eigenvalue weighted by molar-refractivity contribution is -0.116. The number of Topliss-reactive ketones (excluding diaryl/α,β-unsaturated/α-hetero) is 1. The summed E-state index contributed by atoms with van der Waals surface area (Å²) in [6.07, 6.45) is 3.66. The number of ketones is 1. The van der Waals surface area contributed by atoms with E-state index in [1.807, 2.05) is 12.1 Å². The van der Waals surface area contributed by atoms with Gasteiger partial charge in [-0.1, -0.05) is 19.8 Å². The molecule has 0 unspecified atom stereocenters. The normalized spacial score (nSPS) is 10.3. The van der Waals surface area contributed by atoms with Crippen molar-refractivity contribution in [1.82, 2.24) is 0 Å². The summed E-state index contributed by atoms with van der Waals surface area (Å²) in [4.78, 5) is 24.2. The molecule has 5 heteroatoms. The molecule has 0 atom stereocenters. The number of carbonyl (C=O) groups excluding carboxylic acids is 2. The first-order chi connectivity index (χ1) is 13.1. The fourth-order valence-corrected chi connectivity index (χ4v) is 2.55. The van der Waals surface area contributed by atoms with Crippen molar-refractivity contribution in [3.05, 3.63) is 54.1 Å². The monoisotopic (exact) mass is 369 g/mol. The minimum Gasteiger partial charge on any atom is -0.497 e. The van der Waals surface area contributed by atoms with Gasteiger partial charge < -0.3 is 14.8 Å². The number of ether oxygens (including phenoxy) is 2. The van der Waals surface area contributed by atoms with Crippen molar-refractivity contribution in [1.29, 1.82) is 0 Å². The quantitative estimate of drug-likeness (QED) is 0.453. The number of unbranched alkanes of at least 4 members (excludes halogenated alkanes) is 2. The summed E-state index contributed by atoms with van der Waals surface area (Å²) in [5.74, 6) is 1.23. The molecule has 27 heavy (non-hydrogen) atoms. The second-order valence-corrected chi connectivity index (χ2v) is 6.28. The average molecular weight is 369 g/mol. The number of hydrogen-bond acceptors (Lipinski definition) is 4. The van der Waals surface area contributed by atoms with Crippen LogP contribution in [-0.2, 0) is 4.79 Å². The smallest absolute Gasteiger partial charge is 0.224 e. The number of benzene rings is 2. The molecule has 2 aromatic carbocycles. The molecular weight excluding hydrogens is 342 g/mol. The zero-order valence-corrected chi connectivity index (χ0v) is 16.0. The van der Waals surface area contributed by atoms with Crippen LogP contribution in [0.25, 0.3) is 0 Å². The number of carbonyl (C=O) groups is 2. The Kier molecular flexibility index (Phi) is 8.36. The lowest BCUT2D eigenvalue weighted by Gasteiger charge is -2.08. The van der Waals surface area contributed by atoms with Crippen molar-refractivity contribution in [2.75, 3.05) is 19.0 Å². The molecule has 0 saturated carbocycles. The lowest BCUT2D eigenvalue weighted by Crippen LogP contribution is -2.13. The zero-order chi connectivity index (χ0) is 19.5. The Labute approximate surface area is 160 Å². The van der Waals surface area contributed by atoms with Gasteiger partial charge in [0.2, 0.25) is 5.91 Å². The highest BCUT2D eigenvalue weighted by Gasteiger charge is 2.10. The lowest BCUT2D eigenvalue weighted by atomic mass is 10.1. The molecule has 0 aliphatic carbocycles. The van der Waals surface area contributed by atoms with E-state index in [1.165, 1.54) is 0 Å². The minimum atomic E-state index is -0.187. The molecule has 2 aromatic rings. The van der Waals surface area contributed by atoms with E-state index in [0.717, 1.165) is 25.0 Å². The van der Waals surface area contributed by atoms with Gasteiger partial charge in [-0.15, -0.1) is 0 Å². The predicted molar refractivity (Wildman–Crippen MR) is 107 cm³/mol. The van der Waals surface area contributed by atoms with Crippen LogP contribution >= 0.6 is 0 Å². The van der Waals surface area contributed by atoms with E-state index in [1.54, 1.807) is 43.5 Å². The largest absolute Gasteiger partial charge is 0.497 e. The molecule has 0 saturated heterocycles. The van der Waals surface area contributed by atoms with Crippen molar-refractivity contribution >= 4 is 17.4 Å². The van der Waals surface area contributed by atoms with Crippen molar-refractivity contribution in [3.63, 3.8) is 0 Å². The van der Waals surface area contributed by atoms with Gasteiger partial charge in [-0.25, -0.2) is 0 Å². The Hall–Kier alpha value is -2.82. The van der Waals surface area contributed by atoms with Gasteiger partial charge in [0.25, 0.3) is 0 Å². The summed E-state index contributed by atoms with van der Waals surface area (Å²) >= 11 is 0. The van der Waals surface area contributed by atoms with Gasteiger partial charge in [-0.05, 0) is 55.0 Å². The van der Waals surface area contributed by atoms with Crippen LogP contribution in [0.2, 0.25) is 0 Å². The minimum absolute atomic E-state index is 0.0661. The van der Waals surface area contributed by atoms with E-state index in [4.69, 9.17) is 9.47 Å². The number of hydrogen-bond donors (Lipinski definition) is 1. The highest BCUT2D eigenvalue weighted by atomic mass is 16.5. The van der Waals surface area contributed by atoms with E-state index in [-0.39, 0.29) is 24.5 Å². The van der Waals surface area contributed by atoms with Crippen molar-refractivity contribution in [3.8, 4) is 11.5 Å². The fourth-order valence-electron chi connectivity index (χ4n) is 2.55. The van der Waals surface area contributed by atoms with Gasteiger partial charge >= 0.3 is 0 Å². The maximum Gasteiger partial charge on any atom is 0.224 e. The summed E-state index contributed by atoms with van der Waals surface area (Å²) in [5, 5.41) is 2.80. The van der Waals surface area contributed by atoms with E-state index >= 15 is 0 Å². The molecular formula is C22H27NO4. The molecule has 0 bridgehead atoms. The molecule has 2 rings (SSSR count). The molecule has 0 radical (unpaired) electrons. The first-order valence-electron chi connectivity index (χ1n) is 9.32. The SMILES string of the molecule is CCCCCOc1ccc(NC(=O)CCC(=O)c2ccc(OC)cc2)cc1. The molecule has 0 aliphatic rings. The van der Waals surface area contributed by atoms with Crippen LogP contribution in [0.4, 0.5) is 5.69 Å². The molecule has 0 fully saturated rings.